The Balaban J connectivity index is 1.56. The van der Waals surface area contributed by atoms with E-state index >= 15 is 0 Å². The molecule has 2 aliphatic rings. The van der Waals surface area contributed by atoms with E-state index in [2.05, 4.69) is 17.6 Å². The summed E-state index contributed by atoms with van der Waals surface area (Å²) in [6.07, 6.45) is 4.82. The maximum absolute atomic E-state index is 11.6. The van der Waals surface area contributed by atoms with Crippen LogP contribution in [0.25, 0.3) is 0 Å². The van der Waals surface area contributed by atoms with Crippen molar-refractivity contribution in [3.05, 3.63) is 0 Å². The molecule has 1 aliphatic heterocycles. The summed E-state index contributed by atoms with van der Waals surface area (Å²) in [7, 11) is 0. The van der Waals surface area contributed by atoms with Crippen LogP contribution in [0.5, 0.6) is 0 Å². The predicted octanol–water partition coefficient (Wildman–Crippen LogP) is 0.671. The SMILES string of the molecule is CC1(CNCC(=O)NC2CCCC2)COC1. The molecule has 2 rings (SSSR count). The lowest BCUT2D eigenvalue weighted by atomic mass is 9.89. The fourth-order valence-corrected chi connectivity index (χ4v) is 2.38. The van der Waals surface area contributed by atoms with Gasteiger partial charge in [-0.1, -0.05) is 19.8 Å². The monoisotopic (exact) mass is 226 g/mol. The topological polar surface area (TPSA) is 50.4 Å². The molecule has 0 atom stereocenters. The Morgan fingerprint density at radius 2 is 2.06 bits per heavy atom. The first kappa shape index (κ1) is 11.9. The molecule has 92 valence electrons. The van der Waals surface area contributed by atoms with Crippen molar-refractivity contribution in [3.8, 4) is 0 Å². The van der Waals surface area contributed by atoms with E-state index in [1.165, 1.54) is 12.8 Å². The molecule has 4 nitrogen and oxygen atoms in total. The van der Waals surface area contributed by atoms with Crippen LogP contribution in [-0.2, 0) is 9.53 Å². The normalized spacial score (nSPS) is 24.1. The van der Waals surface area contributed by atoms with E-state index in [1.807, 2.05) is 0 Å². The van der Waals surface area contributed by atoms with Gasteiger partial charge in [-0.25, -0.2) is 0 Å². The van der Waals surface area contributed by atoms with Crippen LogP contribution in [0.1, 0.15) is 32.6 Å². The standard InChI is InChI=1S/C12H22N2O2/c1-12(8-16-9-12)7-13-6-11(15)14-10-4-2-3-5-10/h10,13H,2-9H2,1H3,(H,14,15). The van der Waals surface area contributed by atoms with Crippen molar-refractivity contribution >= 4 is 5.91 Å². The molecule has 4 heteroatoms. The third kappa shape index (κ3) is 3.19. The Labute approximate surface area is 97.1 Å². The Hall–Kier alpha value is -0.610. The van der Waals surface area contributed by atoms with Gasteiger partial charge in [-0.3, -0.25) is 4.79 Å². The van der Waals surface area contributed by atoms with Crippen molar-refractivity contribution < 1.29 is 9.53 Å². The van der Waals surface area contributed by atoms with Gasteiger partial charge in [0.15, 0.2) is 0 Å². The average molecular weight is 226 g/mol. The van der Waals surface area contributed by atoms with E-state index in [9.17, 15) is 4.79 Å². The summed E-state index contributed by atoms with van der Waals surface area (Å²) in [5.74, 6) is 0.135. The smallest absolute Gasteiger partial charge is 0.234 e. The van der Waals surface area contributed by atoms with Gasteiger partial charge in [-0.2, -0.15) is 0 Å². The van der Waals surface area contributed by atoms with E-state index in [-0.39, 0.29) is 11.3 Å². The van der Waals surface area contributed by atoms with Crippen molar-refractivity contribution in [2.45, 2.75) is 38.6 Å². The van der Waals surface area contributed by atoms with Crippen LogP contribution >= 0.6 is 0 Å². The van der Waals surface area contributed by atoms with Crippen molar-refractivity contribution in [2.24, 2.45) is 5.41 Å². The molecule has 1 saturated heterocycles. The first-order valence-corrected chi connectivity index (χ1v) is 6.26. The molecular weight excluding hydrogens is 204 g/mol. The summed E-state index contributed by atoms with van der Waals surface area (Å²) >= 11 is 0. The molecule has 0 spiro atoms. The Morgan fingerprint density at radius 3 is 2.62 bits per heavy atom. The second-order valence-electron chi connectivity index (χ2n) is 5.46. The van der Waals surface area contributed by atoms with Gasteiger partial charge in [-0.15, -0.1) is 0 Å². The maximum Gasteiger partial charge on any atom is 0.234 e. The molecule has 0 radical (unpaired) electrons. The highest BCUT2D eigenvalue weighted by molar-refractivity contribution is 5.78. The van der Waals surface area contributed by atoms with Gasteiger partial charge in [-0.05, 0) is 12.8 Å². The minimum atomic E-state index is 0.135. The van der Waals surface area contributed by atoms with Crippen molar-refractivity contribution in [2.75, 3.05) is 26.3 Å². The lowest BCUT2D eigenvalue weighted by Gasteiger charge is -2.38. The maximum atomic E-state index is 11.6. The highest BCUT2D eigenvalue weighted by atomic mass is 16.5. The molecule has 16 heavy (non-hydrogen) atoms. The summed E-state index contributed by atoms with van der Waals surface area (Å²) in [6, 6.07) is 0.428. The van der Waals surface area contributed by atoms with E-state index in [0.29, 0.717) is 12.6 Å². The molecule has 0 aromatic rings. The average Bonchev–Trinajstić information content (AvgIpc) is 2.68. The van der Waals surface area contributed by atoms with E-state index in [1.54, 1.807) is 0 Å². The van der Waals surface area contributed by atoms with Crippen LogP contribution in [-0.4, -0.2) is 38.3 Å². The van der Waals surface area contributed by atoms with Gasteiger partial charge in [0, 0.05) is 18.0 Å². The second-order valence-corrected chi connectivity index (χ2v) is 5.46. The molecule has 1 heterocycles. The van der Waals surface area contributed by atoms with E-state index in [4.69, 9.17) is 4.74 Å². The van der Waals surface area contributed by atoms with Crippen LogP contribution in [0.15, 0.2) is 0 Å². The third-order valence-corrected chi connectivity index (χ3v) is 3.46. The number of rotatable bonds is 5. The third-order valence-electron chi connectivity index (χ3n) is 3.46. The summed E-state index contributed by atoms with van der Waals surface area (Å²) < 4.78 is 5.16. The number of carbonyl (C=O) groups excluding carboxylic acids is 1. The van der Waals surface area contributed by atoms with Gasteiger partial charge in [0.05, 0.1) is 19.8 Å². The first-order chi connectivity index (χ1) is 7.68. The Morgan fingerprint density at radius 1 is 1.38 bits per heavy atom. The van der Waals surface area contributed by atoms with Crippen molar-refractivity contribution in [1.82, 2.24) is 10.6 Å². The van der Waals surface area contributed by atoms with E-state index in [0.717, 1.165) is 32.6 Å². The number of nitrogens with one attached hydrogen (secondary N) is 2. The van der Waals surface area contributed by atoms with E-state index < -0.39 is 0 Å². The highest BCUT2D eigenvalue weighted by Gasteiger charge is 2.32. The van der Waals surface area contributed by atoms with Crippen LogP contribution < -0.4 is 10.6 Å². The fourth-order valence-electron chi connectivity index (χ4n) is 2.38. The van der Waals surface area contributed by atoms with Gasteiger partial charge < -0.3 is 15.4 Å². The largest absolute Gasteiger partial charge is 0.380 e. The fraction of sp³-hybridized carbons (Fsp3) is 0.917. The minimum absolute atomic E-state index is 0.135. The second kappa shape index (κ2) is 5.15. The Bertz CT molecular complexity index is 245. The number of hydrogen-bond donors (Lipinski definition) is 2. The first-order valence-electron chi connectivity index (χ1n) is 6.26. The van der Waals surface area contributed by atoms with Gasteiger partial charge in [0.2, 0.25) is 5.91 Å². The summed E-state index contributed by atoms with van der Waals surface area (Å²) in [4.78, 5) is 11.6. The van der Waals surface area contributed by atoms with Crippen molar-refractivity contribution in [1.29, 1.82) is 0 Å². The quantitative estimate of drug-likeness (QED) is 0.724. The van der Waals surface area contributed by atoms with Gasteiger partial charge >= 0.3 is 0 Å². The summed E-state index contributed by atoms with van der Waals surface area (Å²) in [6.45, 7) is 5.10. The molecule has 0 aromatic heterocycles. The number of amides is 1. The predicted molar refractivity (Wildman–Crippen MR) is 62.2 cm³/mol. The molecular formula is C12H22N2O2. The zero-order chi connectivity index (χ0) is 11.4. The summed E-state index contributed by atoms with van der Waals surface area (Å²) in [5, 5.41) is 6.28. The van der Waals surface area contributed by atoms with Gasteiger partial charge in [0.1, 0.15) is 0 Å². The minimum Gasteiger partial charge on any atom is -0.380 e. The molecule has 0 unspecified atom stereocenters. The molecule has 1 aliphatic carbocycles. The Kier molecular flexibility index (Phi) is 3.82. The molecule has 0 aromatic carbocycles. The lowest BCUT2D eigenvalue weighted by Crippen LogP contribution is -2.49. The van der Waals surface area contributed by atoms with Crippen LogP contribution in [0, 0.1) is 5.41 Å². The van der Waals surface area contributed by atoms with Crippen LogP contribution in [0.2, 0.25) is 0 Å². The lowest BCUT2D eigenvalue weighted by molar-refractivity contribution is -0.122. The molecule has 0 bridgehead atoms. The number of ether oxygens (including phenoxy) is 1. The zero-order valence-electron chi connectivity index (χ0n) is 10.1. The highest BCUT2D eigenvalue weighted by Crippen LogP contribution is 2.24. The molecule has 2 N–H and O–H groups in total. The van der Waals surface area contributed by atoms with Crippen LogP contribution in [0.4, 0.5) is 0 Å². The molecule has 2 fully saturated rings. The molecule has 1 amide bonds. The number of carbonyl (C=O) groups is 1. The van der Waals surface area contributed by atoms with Crippen LogP contribution in [0.3, 0.4) is 0 Å². The number of hydrogen-bond acceptors (Lipinski definition) is 3. The van der Waals surface area contributed by atoms with Gasteiger partial charge in [0.25, 0.3) is 0 Å². The zero-order valence-corrected chi connectivity index (χ0v) is 10.1. The summed E-state index contributed by atoms with van der Waals surface area (Å²) in [5.41, 5.74) is 0.244. The van der Waals surface area contributed by atoms with Crippen molar-refractivity contribution in [3.63, 3.8) is 0 Å². The molecule has 1 saturated carbocycles.